The third kappa shape index (κ3) is 2.36. The summed E-state index contributed by atoms with van der Waals surface area (Å²) in [6.07, 6.45) is 0. The molecular weight excluding hydrogens is 239 g/mol. The zero-order valence-electron chi connectivity index (χ0n) is 9.49. The Kier molecular flexibility index (Phi) is 3.24. The fourth-order valence-corrected chi connectivity index (χ4v) is 2.30. The molecule has 0 radical (unpaired) electrons. The van der Waals surface area contributed by atoms with E-state index in [1.54, 1.807) is 23.6 Å². The van der Waals surface area contributed by atoms with Gasteiger partial charge in [0.15, 0.2) is 0 Å². The Morgan fingerprint density at radius 3 is 2.76 bits per heavy atom. The first kappa shape index (κ1) is 11.8. The lowest BCUT2D eigenvalue weighted by Gasteiger charge is -2.01. The maximum atomic E-state index is 13.5. The Labute approximate surface area is 103 Å². The van der Waals surface area contributed by atoms with Gasteiger partial charge in [0.2, 0.25) is 5.78 Å². The minimum Gasteiger partial charge on any atom is -0.496 e. The zero-order chi connectivity index (χ0) is 12.4. The van der Waals surface area contributed by atoms with Crippen molar-refractivity contribution in [2.45, 2.75) is 6.92 Å². The number of hydrogen-bond acceptors (Lipinski definition) is 3. The number of methoxy groups -OCH3 is 1. The van der Waals surface area contributed by atoms with Gasteiger partial charge in [-0.1, -0.05) is 11.6 Å². The van der Waals surface area contributed by atoms with Crippen LogP contribution >= 0.6 is 11.3 Å². The van der Waals surface area contributed by atoms with E-state index in [0.717, 1.165) is 5.56 Å². The van der Waals surface area contributed by atoms with Crippen molar-refractivity contribution in [2.75, 3.05) is 7.11 Å². The molecule has 0 saturated heterocycles. The van der Waals surface area contributed by atoms with Gasteiger partial charge in [-0.2, -0.15) is 0 Å². The molecule has 1 aromatic heterocycles. The second-order valence-electron chi connectivity index (χ2n) is 3.66. The van der Waals surface area contributed by atoms with Gasteiger partial charge in [0.1, 0.15) is 11.6 Å². The summed E-state index contributed by atoms with van der Waals surface area (Å²) < 4.78 is 18.5. The summed E-state index contributed by atoms with van der Waals surface area (Å²) in [6.45, 7) is 1.82. The number of ether oxygens (including phenoxy) is 1. The van der Waals surface area contributed by atoms with Crippen LogP contribution in [0.3, 0.4) is 0 Å². The van der Waals surface area contributed by atoms with Crippen molar-refractivity contribution >= 4 is 17.1 Å². The van der Waals surface area contributed by atoms with E-state index in [1.165, 1.54) is 24.5 Å². The summed E-state index contributed by atoms with van der Waals surface area (Å²) in [6, 6.07) is 6.13. The third-order valence-electron chi connectivity index (χ3n) is 2.40. The van der Waals surface area contributed by atoms with Gasteiger partial charge in [0, 0.05) is 11.4 Å². The normalized spacial score (nSPS) is 10.3. The van der Waals surface area contributed by atoms with Crippen molar-refractivity contribution in [3.8, 4) is 5.75 Å². The molecule has 0 fully saturated rings. The highest BCUT2D eigenvalue weighted by Gasteiger charge is 2.16. The van der Waals surface area contributed by atoms with Gasteiger partial charge in [-0.15, -0.1) is 11.3 Å². The summed E-state index contributed by atoms with van der Waals surface area (Å²) in [5.74, 6) is -0.182. The molecule has 1 aromatic carbocycles. The van der Waals surface area contributed by atoms with Gasteiger partial charge in [0.25, 0.3) is 0 Å². The monoisotopic (exact) mass is 250 g/mol. The van der Waals surface area contributed by atoms with Crippen LogP contribution < -0.4 is 4.74 Å². The van der Waals surface area contributed by atoms with Crippen LogP contribution in [0.1, 0.15) is 20.8 Å². The molecule has 0 atom stereocenters. The Morgan fingerprint density at radius 1 is 1.35 bits per heavy atom. The van der Waals surface area contributed by atoms with Gasteiger partial charge in [0.05, 0.1) is 17.6 Å². The summed E-state index contributed by atoms with van der Waals surface area (Å²) in [4.78, 5) is 12.5. The minimum atomic E-state index is -0.493. The molecule has 0 spiro atoms. The lowest BCUT2D eigenvalue weighted by atomic mass is 10.1. The van der Waals surface area contributed by atoms with Gasteiger partial charge in [-0.05, 0) is 19.1 Å². The summed E-state index contributed by atoms with van der Waals surface area (Å²) in [5, 5.41) is 1.72. The first-order chi connectivity index (χ1) is 8.11. The molecular formula is C13H11FO2S. The number of rotatable bonds is 3. The number of benzene rings is 1. The average Bonchev–Trinajstić information content (AvgIpc) is 2.80. The van der Waals surface area contributed by atoms with Crippen LogP contribution in [0.4, 0.5) is 4.39 Å². The van der Waals surface area contributed by atoms with Crippen LogP contribution in [-0.2, 0) is 0 Å². The molecule has 0 bridgehead atoms. The highest BCUT2D eigenvalue weighted by Crippen LogP contribution is 2.25. The van der Waals surface area contributed by atoms with E-state index in [2.05, 4.69) is 0 Å². The molecule has 0 N–H and O–H groups in total. The average molecular weight is 250 g/mol. The third-order valence-corrected chi connectivity index (χ3v) is 3.31. The van der Waals surface area contributed by atoms with Crippen molar-refractivity contribution in [3.63, 3.8) is 0 Å². The van der Waals surface area contributed by atoms with E-state index >= 15 is 0 Å². The largest absolute Gasteiger partial charge is 0.496 e. The summed E-state index contributed by atoms with van der Waals surface area (Å²) >= 11 is 1.25. The molecule has 1 heterocycles. The van der Waals surface area contributed by atoms with E-state index in [1.807, 2.05) is 6.92 Å². The SMILES string of the molecule is COc1csc(C(=O)c2cc(C)ccc2F)c1. The molecule has 2 rings (SSSR count). The lowest BCUT2D eigenvalue weighted by Crippen LogP contribution is -2.02. The second-order valence-corrected chi connectivity index (χ2v) is 4.57. The molecule has 2 aromatic rings. The van der Waals surface area contributed by atoms with E-state index in [-0.39, 0.29) is 11.3 Å². The summed E-state index contributed by atoms with van der Waals surface area (Å²) in [5.41, 5.74) is 0.966. The molecule has 0 unspecified atom stereocenters. The molecule has 0 aliphatic carbocycles. The molecule has 0 aliphatic heterocycles. The van der Waals surface area contributed by atoms with Crippen LogP contribution in [0.25, 0.3) is 0 Å². The van der Waals surface area contributed by atoms with Crippen molar-refractivity contribution < 1.29 is 13.9 Å². The molecule has 0 amide bonds. The van der Waals surface area contributed by atoms with E-state index < -0.39 is 5.82 Å². The standard InChI is InChI=1S/C13H11FO2S/c1-8-3-4-11(14)10(5-8)13(15)12-6-9(16-2)7-17-12/h3-7H,1-2H3. The number of carbonyl (C=O) groups is 1. The van der Waals surface area contributed by atoms with Crippen molar-refractivity contribution in [1.29, 1.82) is 0 Å². The van der Waals surface area contributed by atoms with Crippen LogP contribution in [0.2, 0.25) is 0 Å². The highest BCUT2D eigenvalue weighted by atomic mass is 32.1. The predicted molar refractivity (Wildman–Crippen MR) is 65.4 cm³/mol. The highest BCUT2D eigenvalue weighted by molar-refractivity contribution is 7.12. The maximum absolute atomic E-state index is 13.5. The van der Waals surface area contributed by atoms with Gasteiger partial charge in [-0.3, -0.25) is 4.79 Å². The van der Waals surface area contributed by atoms with Gasteiger partial charge < -0.3 is 4.74 Å². The molecule has 0 aliphatic rings. The number of hydrogen-bond donors (Lipinski definition) is 0. The maximum Gasteiger partial charge on any atom is 0.206 e. The number of thiophene rings is 1. The quantitative estimate of drug-likeness (QED) is 0.780. The van der Waals surface area contributed by atoms with Crippen LogP contribution in [0.5, 0.6) is 5.75 Å². The molecule has 4 heteroatoms. The fourth-order valence-electron chi connectivity index (χ4n) is 1.49. The Hall–Kier alpha value is -1.68. The van der Waals surface area contributed by atoms with E-state index in [4.69, 9.17) is 4.74 Å². The molecule has 17 heavy (non-hydrogen) atoms. The Bertz CT molecular complexity index is 560. The van der Waals surface area contributed by atoms with Crippen molar-refractivity contribution in [2.24, 2.45) is 0 Å². The molecule has 0 saturated carbocycles. The lowest BCUT2D eigenvalue weighted by molar-refractivity contribution is 0.103. The van der Waals surface area contributed by atoms with Crippen LogP contribution in [0.15, 0.2) is 29.6 Å². The van der Waals surface area contributed by atoms with Crippen molar-refractivity contribution in [1.82, 2.24) is 0 Å². The number of ketones is 1. The van der Waals surface area contributed by atoms with Crippen LogP contribution in [-0.4, -0.2) is 12.9 Å². The Balaban J connectivity index is 2.39. The molecule has 88 valence electrons. The second kappa shape index (κ2) is 4.67. The van der Waals surface area contributed by atoms with Gasteiger partial charge >= 0.3 is 0 Å². The van der Waals surface area contributed by atoms with E-state index in [9.17, 15) is 9.18 Å². The zero-order valence-corrected chi connectivity index (χ0v) is 10.3. The Morgan fingerprint density at radius 2 is 2.12 bits per heavy atom. The van der Waals surface area contributed by atoms with Gasteiger partial charge in [-0.25, -0.2) is 4.39 Å². The van der Waals surface area contributed by atoms with Crippen LogP contribution in [0, 0.1) is 12.7 Å². The smallest absolute Gasteiger partial charge is 0.206 e. The van der Waals surface area contributed by atoms with Crippen molar-refractivity contribution in [3.05, 3.63) is 51.5 Å². The fraction of sp³-hybridized carbons (Fsp3) is 0.154. The number of aryl methyl sites for hydroxylation is 1. The first-order valence-corrected chi connectivity index (χ1v) is 5.93. The topological polar surface area (TPSA) is 26.3 Å². The molecule has 2 nitrogen and oxygen atoms in total. The predicted octanol–water partition coefficient (Wildman–Crippen LogP) is 3.44. The minimum absolute atomic E-state index is 0.106. The number of halogens is 1. The summed E-state index contributed by atoms with van der Waals surface area (Å²) in [7, 11) is 1.53. The first-order valence-electron chi connectivity index (χ1n) is 5.05. The number of carbonyl (C=O) groups excluding carboxylic acids is 1. The van der Waals surface area contributed by atoms with E-state index in [0.29, 0.717) is 10.6 Å².